The lowest BCUT2D eigenvalue weighted by Crippen LogP contribution is -2.34. The van der Waals surface area contributed by atoms with Crippen molar-refractivity contribution in [1.82, 2.24) is 4.90 Å². The van der Waals surface area contributed by atoms with Crippen LogP contribution < -0.4 is 0 Å². The minimum Gasteiger partial charge on any atom is -0.497 e. The fourth-order valence-corrected chi connectivity index (χ4v) is 2.84. The van der Waals surface area contributed by atoms with E-state index in [1.54, 1.807) is 13.2 Å². The molecular formula is C18H31NO. The van der Waals surface area contributed by atoms with Crippen molar-refractivity contribution in [2.75, 3.05) is 20.2 Å². The summed E-state index contributed by atoms with van der Waals surface area (Å²) in [6.45, 7) is 8.29. The lowest BCUT2D eigenvalue weighted by molar-refractivity contribution is 0.215. The highest BCUT2D eigenvalue weighted by Gasteiger charge is 2.20. The molecule has 114 valence electrons. The van der Waals surface area contributed by atoms with Crippen LogP contribution in [0.3, 0.4) is 0 Å². The summed E-state index contributed by atoms with van der Waals surface area (Å²) in [5.74, 6) is 0.819. The van der Waals surface area contributed by atoms with E-state index in [-0.39, 0.29) is 0 Å². The predicted molar refractivity (Wildman–Crippen MR) is 87.8 cm³/mol. The van der Waals surface area contributed by atoms with Crippen LogP contribution in [-0.2, 0) is 4.74 Å². The monoisotopic (exact) mass is 277 g/mol. The molecule has 0 aliphatic heterocycles. The van der Waals surface area contributed by atoms with Gasteiger partial charge in [0.15, 0.2) is 0 Å². The molecule has 20 heavy (non-hydrogen) atoms. The Balaban J connectivity index is 2.44. The van der Waals surface area contributed by atoms with E-state index in [1.807, 2.05) is 6.08 Å². The van der Waals surface area contributed by atoms with Gasteiger partial charge in [0.2, 0.25) is 0 Å². The van der Waals surface area contributed by atoms with Crippen LogP contribution >= 0.6 is 0 Å². The first-order valence-electron chi connectivity index (χ1n) is 8.09. The Morgan fingerprint density at radius 2 is 2.05 bits per heavy atom. The normalized spacial score (nSPS) is 17.2. The van der Waals surface area contributed by atoms with Crippen molar-refractivity contribution < 1.29 is 4.74 Å². The molecule has 0 aromatic rings. The van der Waals surface area contributed by atoms with Gasteiger partial charge in [0.05, 0.1) is 7.11 Å². The van der Waals surface area contributed by atoms with E-state index >= 15 is 0 Å². The van der Waals surface area contributed by atoms with Gasteiger partial charge in [0.1, 0.15) is 5.76 Å². The van der Waals surface area contributed by atoms with Gasteiger partial charge in [-0.15, -0.1) is 0 Å². The predicted octanol–water partition coefficient (Wildman–Crippen LogP) is 4.69. The molecule has 2 nitrogen and oxygen atoms in total. The van der Waals surface area contributed by atoms with E-state index in [9.17, 15) is 0 Å². The summed E-state index contributed by atoms with van der Waals surface area (Å²) in [6.07, 6.45) is 17.6. The SMILES string of the molecule is C=C/C(=C\C=C\CN(CCCCC)C1CCCC1)OC. The van der Waals surface area contributed by atoms with E-state index in [2.05, 4.69) is 30.6 Å². The van der Waals surface area contributed by atoms with Gasteiger partial charge < -0.3 is 4.74 Å². The first kappa shape index (κ1) is 17.0. The summed E-state index contributed by atoms with van der Waals surface area (Å²) in [4.78, 5) is 2.66. The largest absolute Gasteiger partial charge is 0.497 e. The first-order valence-corrected chi connectivity index (χ1v) is 8.09. The fourth-order valence-electron chi connectivity index (χ4n) is 2.84. The zero-order valence-corrected chi connectivity index (χ0v) is 13.3. The molecule has 0 unspecified atom stereocenters. The second-order valence-corrected chi connectivity index (χ2v) is 5.55. The van der Waals surface area contributed by atoms with Gasteiger partial charge in [-0.3, -0.25) is 4.90 Å². The Kier molecular flexibility index (Phi) is 9.14. The van der Waals surface area contributed by atoms with Crippen LogP contribution in [0.5, 0.6) is 0 Å². The molecule has 0 saturated heterocycles. The smallest absolute Gasteiger partial charge is 0.118 e. The third kappa shape index (κ3) is 6.42. The summed E-state index contributed by atoms with van der Waals surface area (Å²) < 4.78 is 5.16. The average Bonchev–Trinajstić information content (AvgIpc) is 2.99. The lowest BCUT2D eigenvalue weighted by atomic mass is 10.1. The highest BCUT2D eigenvalue weighted by atomic mass is 16.5. The second-order valence-electron chi connectivity index (χ2n) is 5.55. The van der Waals surface area contributed by atoms with Crippen LogP contribution in [-0.4, -0.2) is 31.1 Å². The minimum atomic E-state index is 0.807. The zero-order chi connectivity index (χ0) is 14.6. The van der Waals surface area contributed by atoms with E-state index in [1.165, 1.54) is 51.5 Å². The molecule has 0 heterocycles. The van der Waals surface area contributed by atoms with Crippen LogP contribution in [0.25, 0.3) is 0 Å². The molecule has 0 aromatic heterocycles. The summed E-state index contributed by atoms with van der Waals surface area (Å²) in [5.41, 5.74) is 0. The van der Waals surface area contributed by atoms with Crippen molar-refractivity contribution in [3.63, 3.8) is 0 Å². The average molecular weight is 277 g/mol. The molecule has 0 amide bonds. The number of rotatable bonds is 10. The number of hydrogen-bond donors (Lipinski definition) is 0. The molecule has 1 rings (SSSR count). The number of unbranched alkanes of at least 4 members (excludes halogenated alkanes) is 2. The number of hydrogen-bond acceptors (Lipinski definition) is 2. The zero-order valence-electron chi connectivity index (χ0n) is 13.3. The maximum absolute atomic E-state index is 5.16. The van der Waals surface area contributed by atoms with Crippen LogP contribution in [0.15, 0.2) is 36.6 Å². The van der Waals surface area contributed by atoms with Gasteiger partial charge in [-0.05, 0) is 38.0 Å². The van der Waals surface area contributed by atoms with E-state index in [4.69, 9.17) is 4.74 Å². The number of ether oxygens (including phenoxy) is 1. The lowest BCUT2D eigenvalue weighted by Gasteiger charge is -2.27. The Bertz CT molecular complexity index is 313. The quantitative estimate of drug-likeness (QED) is 0.326. The van der Waals surface area contributed by atoms with Gasteiger partial charge in [-0.25, -0.2) is 0 Å². The number of nitrogens with zero attached hydrogens (tertiary/aromatic N) is 1. The third-order valence-corrected chi connectivity index (χ3v) is 4.06. The summed E-state index contributed by atoms with van der Waals surface area (Å²) >= 11 is 0. The van der Waals surface area contributed by atoms with Crippen LogP contribution in [0.2, 0.25) is 0 Å². The third-order valence-electron chi connectivity index (χ3n) is 4.06. The summed E-state index contributed by atoms with van der Waals surface area (Å²) in [5, 5.41) is 0. The van der Waals surface area contributed by atoms with Gasteiger partial charge in [0, 0.05) is 12.6 Å². The molecule has 0 spiro atoms. The van der Waals surface area contributed by atoms with E-state index in [0.717, 1.165) is 18.3 Å². The Labute approximate surface area is 125 Å². The van der Waals surface area contributed by atoms with E-state index in [0.29, 0.717) is 0 Å². The summed E-state index contributed by atoms with van der Waals surface area (Å²) in [7, 11) is 1.68. The van der Waals surface area contributed by atoms with Gasteiger partial charge in [0.25, 0.3) is 0 Å². The Morgan fingerprint density at radius 1 is 1.30 bits per heavy atom. The van der Waals surface area contributed by atoms with Crippen molar-refractivity contribution in [1.29, 1.82) is 0 Å². The highest BCUT2D eigenvalue weighted by molar-refractivity contribution is 5.16. The van der Waals surface area contributed by atoms with Gasteiger partial charge in [-0.1, -0.05) is 51.3 Å². The first-order chi connectivity index (χ1) is 9.81. The molecule has 0 atom stereocenters. The molecule has 1 aliphatic rings. The molecule has 2 heteroatoms. The van der Waals surface area contributed by atoms with Gasteiger partial charge >= 0.3 is 0 Å². The summed E-state index contributed by atoms with van der Waals surface area (Å²) in [6, 6.07) is 0.807. The Morgan fingerprint density at radius 3 is 2.65 bits per heavy atom. The molecule has 0 aromatic carbocycles. The van der Waals surface area contributed by atoms with E-state index < -0.39 is 0 Å². The molecular weight excluding hydrogens is 246 g/mol. The maximum atomic E-state index is 5.16. The Hall–Kier alpha value is -1.02. The minimum absolute atomic E-state index is 0.807. The van der Waals surface area contributed by atoms with Crippen molar-refractivity contribution >= 4 is 0 Å². The van der Waals surface area contributed by atoms with Crippen LogP contribution in [0.1, 0.15) is 51.9 Å². The highest BCUT2D eigenvalue weighted by Crippen LogP contribution is 2.23. The maximum Gasteiger partial charge on any atom is 0.118 e. The number of methoxy groups -OCH3 is 1. The van der Waals surface area contributed by atoms with Crippen LogP contribution in [0, 0.1) is 0 Å². The van der Waals surface area contributed by atoms with Crippen molar-refractivity contribution in [2.24, 2.45) is 0 Å². The number of allylic oxidation sites excluding steroid dienone is 3. The standard InChI is InChI=1S/C18H31NO/c1-4-6-10-15-19(17-12-7-8-13-17)16-11-9-14-18(5-2)20-3/h5,9,11,14,17H,2,4,6-8,10,12-13,15-16H2,1,3H3/b11-9+,18-14+. The van der Waals surface area contributed by atoms with Crippen LogP contribution in [0.4, 0.5) is 0 Å². The fraction of sp³-hybridized carbons (Fsp3) is 0.667. The topological polar surface area (TPSA) is 12.5 Å². The molecule has 0 N–H and O–H groups in total. The molecule has 1 saturated carbocycles. The van der Waals surface area contributed by atoms with Crippen molar-refractivity contribution in [2.45, 2.75) is 57.9 Å². The molecule has 0 bridgehead atoms. The molecule has 0 radical (unpaired) electrons. The second kappa shape index (κ2) is 10.7. The van der Waals surface area contributed by atoms with Crippen molar-refractivity contribution in [3.05, 3.63) is 36.6 Å². The molecule has 1 fully saturated rings. The molecule has 1 aliphatic carbocycles. The van der Waals surface area contributed by atoms with Gasteiger partial charge in [-0.2, -0.15) is 0 Å². The van der Waals surface area contributed by atoms with Crippen molar-refractivity contribution in [3.8, 4) is 0 Å².